The van der Waals surface area contributed by atoms with Gasteiger partial charge in [0.2, 0.25) is 0 Å². The van der Waals surface area contributed by atoms with Gasteiger partial charge in [0.15, 0.2) is 5.78 Å². The highest BCUT2D eigenvalue weighted by Gasteiger charge is 2.18. The molecule has 128 valence electrons. The lowest BCUT2D eigenvalue weighted by atomic mass is 10.0. The largest absolute Gasteiger partial charge is 0.497 e. The molecule has 3 rings (SSSR count). The van der Waals surface area contributed by atoms with Crippen molar-refractivity contribution in [3.63, 3.8) is 0 Å². The Morgan fingerprint density at radius 3 is 2.56 bits per heavy atom. The minimum absolute atomic E-state index is 0.0386. The molecule has 0 radical (unpaired) electrons. The molecule has 0 N–H and O–H groups in total. The second-order valence-electron chi connectivity index (χ2n) is 5.52. The van der Waals surface area contributed by atoms with Gasteiger partial charge in [-0.2, -0.15) is 0 Å². The Balaban J connectivity index is 1.76. The number of methoxy groups -OCH3 is 1. The van der Waals surface area contributed by atoms with Crippen LogP contribution in [-0.4, -0.2) is 17.9 Å². The van der Waals surface area contributed by atoms with Crippen LogP contribution in [0.5, 0.6) is 5.75 Å². The van der Waals surface area contributed by atoms with Crippen molar-refractivity contribution in [3.05, 3.63) is 84.1 Å². The molecule has 1 atom stereocenters. The molecule has 2 heterocycles. The highest BCUT2D eigenvalue weighted by Crippen LogP contribution is 2.36. The number of ether oxygens (including phenoxy) is 1. The van der Waals surface area contributed by atoms with Gasteiger partial charge >= 0.3 is 0 Å². The number of nitrogens with zero attached hydrogens (tertiary/aromatic N) is 1. The minimum atomic E-state index is 0.0386. The van der Waals surface area contributed by atoms with E-state index in [1.54, 1.807) is 49.7 Å². The number of benzene rings is 1. The summed E-state index contributed by atoms with van der Waals surface area (Å²) in [6.07, 6.45) is 5.37. The summed E-state index contributed by atoms with van der Waals surface area (Å²) >= 11 is 1.70. The third kappa shape index (κ3) is 4.73. The van der Waals surface area contributed by atoms with E-state index in [4.69, 9.17) is 9.15 Å². The SMILES string of the molecule is COc1ccc([C@H](CC(=O)c2ccncc2)SCc2ccco2)cc1. The van der Waals surface area contributed by atoms with E-state index in [1.165, 1.54) is 0 Å². The summed E-state index contributed by atoms with van der Waals surface area (Å²) in [5.41, 5.74) is 1.78. The van der Waals surface area contributed by atoms with E-state index in [1.807, 2.05) is 36.4 Å². The van der Waals surface area contributed by atoms with Gasteiger partial charge in [-0.15, -0.1) is 11.8 Å². The van der Waals surface area contributed by atoms with E-state index >= 15 is 0 Å². The van der Waals surface area contributed by atoms with Crippen LogP contribution in [0, 0.1) is 0 Å². The molecule has 0 fully saturated rings. The van der Waals surface area contributed by atoms with E-state index in [9.17, 15) is 4.79 Å². The first-order valence-corrected chi connectivity index (χ1v) is 9.02. The van der Waals surface area contributed by atoms with Gasteiger partial charge in [-0.1, -0.05) is 12.1 Å². The molecule has 0 amide bonds. The van der Waals surface area contributed by atoms with Crippen LogP contribution in [0.1, 0.15) is 33.4 Å². The maximum atomic E-state index is 12.6. The van der Waals surface area contributed by atoms with Crippen molar-refractivity contribution in [3.8, 4) is 5.75 Å². The van der Waals surface area contributed by atoms with Crippen LogP contribution in [0.15, 0.2) is 71.6 Å². The summed E-state index contributed by atoms with van der Waals surface area (Å²) in [6.45, 7) is 0. The average molecular weight is 353 g/mol. The lowest BCUT2D eigenvalue weighted by Gasteiger charge is -2.16. The van der Waals surface area contributed by atoms with Gasteiger partial charge in [-0.3, -0.25) is 9.78 Å². The first-order chi connectivity index (χ1) is 12.3. The third-order valence-corrected chi connectivity index (χ3v) is 5.16. The molecular weight excluding hydrogens is 334 g/mol. The Morgan fingerprint density at radius 2 is 1.92 bits per heavy atom. The molecule has 0 unspecified atom stereocenters. The smallest absolute Gasteiger partial charge is 0.164 e. The van der Waals surface area contributed by atoms with Crippen molar-refractivity contribution >= 4 is 17.5 Å². The van der Waals surface area contributed by atoms with Crippen LogP contribution in [-0.2, 0) is 5.75 Å². The van der Waals surface area contributed by atoms with Gasteiger partial charge in [-0.05, 0) is 42.0 Å². The summed E-state index contributed by atoms with van der Waals surface area (Å²) in [4.78, 5) is 16.6. The average Bonchev–Trinajstić information content (AvgIpc) is 3.19. The summed E-state index contributed by atoms with van der Waals surface area (Å²) in [5.74, 6) is 2.53. The Morgan fingerprint density at radius 1 is 1.16 bits per heavy atom. The van der Waals surface area contributed by atoms with Gasteiger partial charge in [0.25, 0.3) is 0 Å². The van der Waals surface area contributed by atoms with Crippen molar-refractivity contribution in [2.24, 2.45) is 0 Å². The van der Waals surface area contributed by atoms with Crippen LogP contribution < -0.4 is 4.74 Å². The van der Waals surface area contributed by atoms with Crippen molar-refractivity contribution < 1.29 is 13.9 Å². The zero-order valence-corrected chi connectivity index (χ0v) is 14.7. The summed E-state index contributed by atoms with van der Waals surface area (Å²) in [6, 6.07) is 15.2. The van der Waals surface area contributed by atoms with Crippen LogP contribution >= 0.6 is 11.8 Å². The molecule has 5 heteroatoms. The normalized spacial score (nSPS) is 11.9. The van der Waals surface area contributed by atoms with E-state index in [0.717, 1.165) is 17.1 Å². The zero-order valence-electron chi connectivity index (χ0n) is 13.9. The second kappa shape index (κ2) is 8.53. The van der Waals surface area contributed by atoms with E-state index in [0.29, 0.717) is 17.7 Å². The van der Waals surface area contributed by atoms with E-state index in [2.05, 4.69) is 4.98 Å². The fraction of sp³-hybridized carbons (Fsp3) is 0.200. The maximum Gasteiger partial charge on any atom is 0.164 e. The monoisotopic (exact) mass is 353 g/mol. The molecule has 0 saturated heterocycles. The summed E-state index contributed by atoms with van der Waals surface area (Å²) in [7, 11) is 1.64. The highest BCUT2D eigenvalue weighted by atomic mass is 32.2. The van der Waals surface area contributed by atoms with E-state index < -0.39 is 0 Å². The Labute approximate surface area is 151 Å². The van der Waals surface area contributed by atoms with Crippen LogP contribution in [0.4, 0.5) is 0 Å². The number of pyridine rings is 1. The maximum absolute atomic E-state index is 12.6. The second-order valence-corrected chi connectivity index (χ2v) is 6.71. The quantitative estimate of drug-likeness (QED) is 0.537. The number of Topliss-reactive ketones (excluding diaryl/α,β-unsaturated/α-hetero) is 1. The molecule has 0 saturated carbocycles. The molecule has 4 nitrogen and oxygen atoms in total. The molecular formula is C20H19NO3S. The lowest BCUT2D eigenvalue weighted by Crippen LogP contribution is -2.06. The van der Waals surface area contributed by atoms with Crippen molar-refractivity contribution in [1.29, 1.82) is 0 Å². The Hall–Kier alpha value is -2.53. The summed E-state index contributed by atoms with van der Waals surface area (Å²) in [5, 5.41) is 0.0386. The molecule has 2 aromatic heterocycles. The van der Waals surface area contributed by atoms with Crippen LogP contribution in [0.25, 0.3) is 0 Å². The van der Waals surface area contributed by atoms with Crippen molar-refractivity contribution in [1.82, 2.24) is 4.98 Å². The first kappa shape index (κ1) is 17.3. The van der Waals surface area contributed by atoms with Crippen LogP contribution in [0.3, 0.4) is 0 Å². The van der Waals surface area contributed by atoms with Gasteiger partial charge < -0.3 is 9.15 Å². The molecule has 1 aromatic carbocycles. The number of ketones is 1. The summed E-state index contributed by atoms with van der Waals surface area (Å²) < 4.78 is 10.6. The molecule has 0 aliphatic heterocycles. The van der Waals surface area contributed by atoms with Gasteiger partial charge in [-0.25, -0.2) is 0 Å². The Kier molecular flexibility index (Phi) is 5.90. The van der Waals surface area contributed by atoms with Gasteiger partial charge in [0, 0.05) is 29.6 Å². The van der Waals surface area contributed by atoms with Crippen LogP contribution in [0.2, 0.25) is 0 Å². The molecule has 3 aromatic rings. The fourth-order valence-electron chi connectivity index (χ4n) is 2.49. The number of rotatable bonds is 8. The predicted octanol–water partition coefficient (Wildman–Crippen LogP) is 4.93. The Bertz CT molecular complexity index is 786. The molecule has 0 spiro atoms. The lowest BCUT2D eigenvalue weighted by molar-refractivity contribution is 0.0982. The molecule has 0 aliphatic carbocycles. The number of furan rings is 1. The van der Waals surface area contributed by atoms with Gasteiger partial charge in [0.05, 0.1) is 19.1 Å². The predicted molar refractivity (Wildman–Crippen MR) is 98.9 cm³/mol. The standard InChI is InChI=1S/C20H19NO3S/c1-23-17-6-4-16(5-7-17)20(25-14-18-3-2-12-24-18)13-19(22)15-8-10-21-11-9-15/h2-12,20H,13-14H2,1H3/t20-/m0/s1. The first-order valence-electron chi connectivity index (χ1n) is 7.97. The number of carbonyl (C=O) groups excluding carboxylic acids is 1. The number of hydrogen-bond donors (Lipinski definition) is 0. The molecule has 0 aliphatic rings. The zero-order chi connectivity index (χ0) is 17.5. The number of thioether (sulfide) groups is 1. The fourth-order valence-corrected chi connectivity index (χ4v) is 3.64. The highest BCUT2D eigenvalue weighted by molar-refractivity contribution is 7.98. The molecule has 25 heavy (non-hydrogen) atoms. The third-order valence-electron chi connectivity index (χ3n) is 3.87. The number of carbonyl (C=O) groups is 1. The number of hydrogen-bond acceptors (Lipinski definition) is 5. The van der Waals surface area contributed by atoms with Gasteiger partial charge in [0.1, 0.15) is 11.5 Å². The van der Waals surface area contributed by atoms with Crippen molar-refractivity contribution in [2.75, 3.05) is 7.11 Å². The number of aromatic nitrogens is 1. The molecule has 0 bridgehead atoms. The topological polar surface area (TPSA) is 52.3 Å². The minimum Gasteiger partial charge on any atom is -0.497 e. The van der Waals surface area contributed by atoms with E-state index in [-0.39, 0.29) is 11.0 Å². The van der Waals surface area contributed by atoms with Crippen molar-refractivity contribution in [2.45, 2.75) is 17.4 Å².